The summed E-state index contributed by atoms with van der Waals surface area (Å²) >= 11 is 3.40. The van der Waals surface area contributed by atoms with E-state index in [0.717, 1.165) is 21.3 Å². The van der Waals surface area contributed by atoms with Gasteiger partial charge in [-0.2, -0.15) is 0 Å². The van der Waals surface area contributed by atoms with Gasteiger partial charge in [0, 0.05) is 16.6 Å². The Morgan fingerprint density at radius 1 is 1.25 bits per heavy atom. The van der Waals surface area contributed by atoms with Gasteiger partial charge in [-0.05, 0) is 48.4 Å². The van der Waals surface area contributed by atoms with Crippen LogP contribution in [0.15, 0.2) is 46.9 Å². The summed E-state index contributed by atoms with van der Waals surface area (Å²) in [6, 6.07) is 13.3. The molecule has 0 aliphatic rings. The molecule has 0 saturated carbocycles. The van der Waals surface area contributed by atoms with Crippen molar-refractivity contribution in [1.82, 2.24) is 5.32 Å². The number of carbonyl (C=O) groups is 1. The molecule has 2 aromatic carbocycles. The van der Waals surface area contributed by atoms with Crippen LogP contribution in [0.4, 0.5) is 0 Å². The van der Waals surface area contributed by atoms with Gasteiger partial charge in [-0.3, -0.25) is 4.79 Å². The number of hydrogen-bond donors (Lipinski definition) is 1. The van der Waals surface area contributed by atoms with E-state index in [4.69, 9.17) is 4.74 Å². The van der Waals surface area contributed by atoms with Crippen molar-refractivity contribution < 1.29 is 9.53 Å². The van der Waals surface area contributed by atoms with E-state index in [1.54, 1.807) is 7.11 Å². The van der Waals surface area contributed by atoms with E-state index in [1.165, 1.54) is 0 Å². The summed E-state index contributed by atoms with van der Waals surface area (Å²) in [6.45, 7) is 2.44. The first kappa shape index (κ1) is 14.6. The highest BCUT2D eigenvalue weighted by molar-refractivity contribution is 9.10. The Balaban J connectivity index is 2.04. The van der Waals surface area contributed by atoms with E-state index in [2.05, 4.69) is 21.2 Å². The fourth-order valence-corrected chi connectivity index (χ4v) is 2.54. The van der Waals surface area contributed by atoms with Gasteiger partial charge in [0.15, 0.2) is 0 Å². The molecular formula is C16H16BrNO2. The third-order valence-corrected chi connectivity index (χ3v) is 3.35. The molecule has 0 atom stereocenters. The minimum Gasteiger partial charge on any atom is -0.497 e. The van der Waals surface area contributed by atoms with Gasteiger partial charge in [0.2, 0.25) is 0 Å². The minimum absolute atomic E-state index is 0.0859. The Hall–Kier alpha value is -1.81. The molecule has 0 saturated heterocycles. The van der Waals surface area contributed by atoms with Crippen LogP contribution in [0, 0.1) is 6.92 Å². The standard InChI is InChI=1S/C16H16BrNO2/c1-11-6-13(9-14(17)7-11)16(19)18-10-12-4-3-5-15(8-12)20-2/h3-9H,10H2,1-2H3,(H,18,19). The van der Waals surface area contributed by atoms with Gasteiger partial charge >= 0.3 is 0 Å². The molecule has 0 heterocycles. The Kier molecular flexibility index (Phi) is 4.79. The maximum Gasteiger partial charge on any atom is 0.251 e. The molecule has 2 rings (SSSR count). The van der Waals surface area contributed by atoms with Crippen LogP contribution in [-0.2, 0) is 6.54 Å². The number of methoxy groups -OCH3 is 1. The summed E-state index contributed by atoms with van der Waals surface area (Å²) in [5.74, 6) is 0.701. The zero-order valence-electron chi connectivity index (χ0n) is 11.4. The summed E-state index contributed by atoms with van der Waals surface area (Å²) in [5, 5.41) is 2.91. The molecule has 0 fully saturated rings. The SMILES string of the molecule is COc1cccc(CNC(=O)c2cc(C)cc(Br)c2)c1. The molecule has 0 radical (unpaired) electrons. The van der Waals surface area contributed by atoms with Crippen molar-refractivity contribution in [3.8, 4) is 5.75 Å². The predicted molar refractivity (Wildman–Crippen MR) is 83.0 cm³/mol. The van der Waals surface area contributed by atoms with Crippen LogP contribution in [0.25, 0.3) is 0 Å². The van der Waals surface area contributed by atoms with E-state index >= 15 is 0 Å². The van der Waals surface area contributed by atoms with Crippen LogP contribution in [0.2, 0.25) is 0 Å². The van der Waals surface area contributed by atoms with E-state index in [9.17, 15) is 4.79 Å². The van der Waals surface area contributed by atoms with Crippen molar-refractivity contribution in [3.63, 3.8) is 0 Å². The van der Waals surface area contributed by atoms with E-state index in [1.807, 2.05) is 49.4 Å². The first-order valence-corrected chi connectivity index (χ1v) is 7.06. The highest BCUT2D eigenvalue weighted by atomic mass is 79.9. The van der Waals surface area contributed by atoms with Gasteiger partial charge in [0.1, 0.15) is 5.75 Å². The highest BCUT2D eigenvalue weighted by Crippen LogP contribution is 2.16. The number of amides is 1. The largest absolute Gasteiger partial charge is 0.497 e. The molecule has 0 bridgehead atoms. The van der Waals surface area contributed by atoms with E-state index in [0.29, 0.717) is 12.1 Å². The van der Waals surface area contributed by atoms with Gasteiger partial charge in [-0.1, -0.05) is 28.1 Å². The smallest absolute Gasteiger partial charge is 0.251 e. The first-order valence-electron chi connectivity index (χ1n) is 6.27. The van der Waals surface area contributed by atoms with Crippen LogP contribution >= 0.6 is 15.9 Å². The number of rotatable bonds is 4. The lowest BCUT2D eigenvalue weighted by Gasteiger charge is -2.08. The van der Waals surface area contributed by atoms with Gasteiger partial charge in [0.05, 0.1) is 7.11 Å². The Morgan fingerprint density at radius 2 is 2.05 bits per heavy atom. The fourth-order valence-electron chi connectivity index (χ4n) is 1.93. The number of nitrogens with one attached hydrogen (secondary N) is 1. The van der Waals surface area contributed by atoms with Crippen molar-refractivity contribution in [2.24, 2.45) is 0 Å². The molecule has 4 heteroatoms. The van der Waals surface area contributed by atoms with Gasteiger partial charge in [0.25, 0.3) is 5.91 Å². The fraction of sp³-hybridized carbons (Fsp3) is 0.188. The second-order valence-corrected chi connectivity index (χ2v) is 5.47. The van der Waals surface area contributed by atoms with Crippen molar-refractivity contribution >= 4 is 21.8 Å². The predicted octanol–water partition coefficient (Wildman–Crippen LogP) is 3.70. The molecule has 3 nitrogen and oxygen atoms in total. The summed E-state index contributed by atoms with van der Waals surface area (Å²) in [5.41, 5.74) is 2.70. The molecule has 0 aromatic heterocycles. The minimum atomic E-state index is -0.0859. The second kappa shape index (κ2) is 6.57. The van der Waals surface area contributed by atoms with E-state index < -0.39 is 0 Å². The molecule has 0 aliphatic carbocycles. The van der Waals surface area contributed by atoms with Crippen LogP contribution in [0.1, 0.15) is 21.5 Å². The molecule has 1 amide bonds. The molecule has 20 heavy (non-hydrogen) atoms. The normalized spacial score (nSPS) is 10.2. The second-order valence-electron chi connectivity index (χ2n) is 4.55. The molecule has 0 spiro atoms. The Morgan fingerprint density at radius 3 is 2.75 bits per heavy atom. The van der Waals surface area contributed by atoms with E-state index in [-0.39, 0.29) is 5.91 Å². The highest BCUT2D eigenvalue weighted by Gasteiger charge is 2.07. The Bertz CT molecular complexity index is 605. The lowest BCUT2D eigenvalue weighted by Crippen LogP contribution is -2.22. The molecule has 104 valence electrons. The third kappa shape index (κ3) is 3.84. The zero-order chi connectivity index (χ0) is 14.5. The lowest BCUT2D eigenvalue weighted by molar-refractivity contribution is 0.0950. The lowest BCUT2D eigenvalue weighted by atomic mass is 10.1. The molecular weight excluding hydrogens is 318 g/mol. The third-order valence-electron chi connectivity index (χ3n) is 2.89. The summed E-state index contributed by atoms with van der Waals surface area (Å²) in [7, 11) is 1.63. The van der Waals surface area contributed by atoms with Crippen molar-refractivity contribution in [2.45, 2.75) is 13.5 Å². The maximum atomic E-state index is 12.1. The van der Waals surface area contributed by atoms with Crippen molar-refractivity contribution in [3.05, 3.63) is 63.6 Å². The summed E-state index contributed by atoms with van der Waals surface area (Å²) < 4.78 is 6.07. The van der Waals surface area contributed by atoms with Crippen LogP contribution in [0.5, 0.6) is 5.75 Å². The average Bonchev–Trinajstić information content (AvgIpc) is 2.44. The van der Waals surface area contributed by atoms with Crippen molar-refractivity contribution in [1.29, 1.82) is 0 Å². The Labute approximate surface area is 127 Å². The molecule has 0 aliphatic heterocycles. The summed E-state index contributed by atoms with van der Waals surface area (Å²) in [4.78, 5) is 12.1. The first-order chi connectivity index (χ1) is 9.58. The number of benzene rings is 2. The molecule has 2 aromatic rings. The number of ether oxygens (including phenoxy) is 1. The van der Waals surface area contributed by atoms with Crippen molar-refractivity contribution in [2.75, 3.05) is 7.11 Å². The molecule has 1 N–H and O–H groups in total. The average molecular weight is 334 g/mol. The monoisotopic (exact) mass is 333 g/mol. The number of carbonyl (C=O) groups excluding carboxylic acids is 1. The van der Waals surface area contributed by atoms with Gasteiger partial charge in [-0.15, -0.1) is 0 Å². The van der Waals surface area contributed by atoms with Crippen LogP contribution < -0.4 is 10.1 Å². The van der Waals surface area contributed by atoms with Crippen LogP contribution in [0.3, 0.4) is 0 Å². The summed E-state index contributed by atoms with van der Waals surface area (Å²) in [6.07, 6.45) is 0. The quantitative estimate of drug-likeness (QED) is 0.926. The van der Waals surface area contributed by atoms with Crippen LogP contribution in [-0.4, -0.2) is 13.0 Å². The molecule has 0 unspecified atom stereocenters. The number of halogens is 1. The van der Waals surface area contributed by atoms with Gasteiger partial charge in [-0.25, -0.2) is 0 Å². The number of hydrogen-bond acceptors (Lipinski definition) is 2. The van der Waals surface area contributed by atoms with Gasteiger partial charge < -0.3 is 10.1 Å². The topological polar surface area (TPSA) is 38.3 Å². The zero-order valence-corrected chi connectivity index (χ0v) is 13.0. The number of aryl methyl sites for hydroxylation is 1. The maximum absolute atomic E-state index is 12.1.